The van der Waals surface area contributed by atoms with Crippen molar-refractivity contribution in [3.8, 4) is 5.75 Å². The van der Waals surface area contributed by atoms with Crippen LogP contribution in [0, 0.1) is 5.82 Å². The predicted molar refractivity (Wildman–Crippen MR) is 93.0 cm³/mol. The number of piperidine rings is 1. The molecule has 1 aromatic heterocycles. The summed E-state index contributed by atoms with van der Waals surface area (Å²) >= 11 is 0. The van der Waals surface area contributed by atoms with Crippen molar-refractivity contribution < 1.29 is 23.4 Å². The first kappa shape index (κ1) is 18.4. The number of hydrogen-bond acceptors (Lipinski definition) is 5. The van der Waals surface area contributed by atoms with Gasteiger partial charge in [-0.2, -0.15) is 0 Å². The van der Waals surface area contributed by atoms with E-state index in [0.717, 1.165) is 5.56 Å². The summed E-state index contributed by atoms with van der Waals surface area (Å²) in [6.07, 6.45) is 4.21. The van der Waals surface area contributed by atoms with Crippen LogP contribution in [0.15, 0.2) is 41.2 Å². The van der Waals surface area contributed by atoms with Crippen LogP contribution in [0.1, 0.15) is 24.0 Å². The number of rotatable bonds is 7. The minimum atomic E-state index is -1.49. The number of halogens is 1. The maximum absolute atomic E-state index is 14.1. The fourth-order valence-corrected chi connectivity index (χ4v) is 3.19. The van der Waals surface area contributed by atoms with Crippen LogP contribution in [0.5, 0.6) is 5.75 Å². The number of nitrogens with zero attached hydrogens (tertiary/aromatic N) is 1. The van der Waals surface area contributed by atoms with Crippen LogP contribution < -0.4 is 10.1 Å². The third kappa shape index (κ3) is 4.05. The van der Waals surface area contributed by atoms with E-state index >= 15 is 0 Å². The summed E-state index contributed by atoms with van der Waals surface area (Å²) in [5.41, 5.74) is -0.183. The van der Waals surface area contributed by atoms with Gasteiger partial charge in [0.05, 0.1) is 19.6 Å². The molecule has 0 spiro atoms. The van der Waals surface area contributed by atoms with Crippen LogP contribution in [0.4, 0.5) is 4.39 Å². The Kier molecular flexibility index (Phi) is 5.58. The van der Waals surface area contributed by atoms with Gasteiger partial charge in [0.25, 0.3) is 5.91 Å². The smallest absolute Gasteiger partial charge is 0.256 e. The highest BCUT2D eigenvalue weighted by Gasteiger charge is 2.41. The van der Waals surface area contributed by atoms with Crippen LogP contribution in [-0.2, 0) is 17.9 Å². The van der Waals surface area contributed by atoms with Gasteiger partial charge in [-0.1, -0.05) is 0 Å². The van der Waals surface area contributed by atoms with E-state index in [1.165, 1.54) is 24.1 Å². The number of carbonyl (C=O) groups excluding carboxylic acids is 1. The molecule has 1 saturated heterocycles. The van der Waals surface area contributed by atoms with Gasteiger partial charge in [-0.15, -0.1) is 0 Å². The lowest BCUT2D eigenvalue weighted by Gasteiger charge is -2.38. The van der Waals surface area contributed by atoms with Crippen molar-refractivity contribution in [1.29, 1.82) is 0 Å². The summed E-state index contributed by atoms with van der Waals surface area (Å²) < 4.78 is 24.2. The van der Waals surface area contributed by atoms with Gasteiger partial charge in [0.15, 0.2) is 5.60 Å². The van der Waals surface area contributed by atoms with Crippen LogP contribution in [-0.4, -0.2) is 41.7 Å². The number of amides is 1. The largest absolute Gasteiger partial charge is 0.497 e. The number of carbonyl (C=O) groups is 1. The normalized spacial score (nSPS) is 20.4. The lowest BCUT2D eigenvalue weighted by molar-refractivity contribution is -0.157. The van der Waals surface area contributed by atoms with Gasteiger partial charge in [0.1, 0.15) is 11.6 Å². The summed E-state index contributed by atoms with van der Waals surface area (Å²) in [6.45, 7) is 1.22. The minimum absolute atomic E-state index is 0.103. The van der Waals surface area contributed by atoms with E-state index in [1.807, 2.05) is 6.07 Å². The van der Waals surface area contributed by atoms with Gasteiger partial charge in [-0.05, 0) is 37.1 Å². The molecule has 3 rings (SSSR count). The maximum Gasteiger partial charge on any atom is 0.256 e. The van der Waals surface area contributed by atoms with Crippen molar-refractivity contribution in [2.24, 2.45) is 0 Å². The van der Waals surface area contributed by atoms with Crippen molar-refractivity contribution in [2.45, 2.75) is 31.5 Å². The molecule has 0 radical (unpaired) electrons. The molecule has 6 nitrogen and oxygen atoms in total. The number of ether oxygens (including phenoxy) is 1. The topological polar surface area (TPSA) is 74.9 Å². The van der Waals surface area contributed by atoms with Gasteiger partial charge in [-0.3, -0.25) is 4.79 Å². The Labute approximate surface area is 151 Å². The summed E-state index contributed by atoms with van der Waals surface area (Å²) in [7, 11) is 1.51. The second-order valence-corrected chi connectivity index (χ2v) is 6.55. The molecular formula is C19H23FN2O4. The number of methoxy groups -OCH3 is 1. The summed E-state index contributed by atoms with van der Waals surface area (Å²) in [5, 5.41) is 13.9. The molecule has 0 unspecified atom stereocenters. The zero-order valence-electron chi connectivity index (χ0n) is 14.7. The average molecular weight is 362 g/mol. The van der Waals surface area contributed by atoms with Crippen molar-refractivity contribution in [3.05, 3.63) is 53.7 Å². The zero-order valence-corrected chi connectivity index (χ0v) is 14.7. The highest BCUT2D eigenvalue weighted by Crippen LogP contribution is 2.26. The molecule has 2 aromatic rings. The van der Waals surface area contributed by atoms with Crippen LogP contribution in [0.2, 0.25) is 0 Å². The fourth-order valence-electron chi connectivity index (χ4n) is 3.19. The second-order valence-electron chi connectivity index (χ2n) is 6.55. The number of furan rings is 1. The molecular weight excluding hydrogens is 339 g/mol. The maximum atomic E-state index is 14.1. The van der Waals surface area contributed by atoms with E-state index < -0.39 is 11.4 Å². The summed E-state index contributed by atoms with van der Waals surface area (Å²) in [4.78, 5) is 14.3. The second kappa shape index (κ2) is 7.88. The van der Waals surface area contributed by atoms with Crippen molar-refractivity contribution in [2.75, 3.05) is 20.2 Å². The Balaban J connectivity index is 1.65. The number of benzene rings is 1. The van der Waals surface area contributed by atoms with Gasteiger partial charge in [0, 0.05) is 37.3 Å². The van der Waals surface area contributed by atoms with E-state index in [9.17, 15) is 14.3 Å². The third-order valence-corrected chi connectivity index (χ3v) is 4.64. The molecule has 0 saturated carbocycles. The Morgan fingerprint density at radius 2 is 2.27 bits per heavy atom. The van der Waals surface area contributed by atoms with E-state index in [4.69, 9.17) is 9.15 Å². The van der Waals surface area contributed by atoms with Gasteiger partial charge in [-0.25, -0.2) is 4.39 Å². The molecule has 26 heavy (non-hydrogen) atoms. The number of aliphatic hydroxyl groups is 1. The molecule has 1 amide bonds. The molecule has 2 heterocycles. The number of hydrogen-bond donors (Lipinski definition) is 2. The van der Waals surface area contributed by atoms with Crippen molar-refractivity contribution >= 4 is 5.91 Å². The number of likely N-dealkylation sites (tertiary alicyclic amines) is 1. The van der Waals surface area contributed by atoms with Gasteiger partial charge < -0.3 is 24.5 Å². The minimum Gasteiger partial charge on any atom is -0.497 e. The molecule has 1 aliphatic rings. The van der Waals surface area contributed by atoms with E-state index in [0.29, 0.717) is 37.2 Å². The Morgan fingerprint density at radius 1 is 1.42 bits per heavy atom. The van der Waals surface area contributed by atoms with Crippen LogP contribution >= 0.6 is 0 Å². The number of nitrogens with one attached hydrogen (secondary N) is 1. The first-order valence-electron chi connectivity index (χ1n) is 8.58. The molecule has 7 heteroatoms. The standard InChI is InChI=1S/C19H23FN2O4/c1-25-16-3-4-17(20)15(9-16)11-22-7-2-6-19(24,18(22)23)13-21-10-14-5-8-26-12-14/h3-5,8-9,12,21,24H,2,6-7,10-11,13H2,1H3/t19-/m1/s1. The summed E-state index contributed by atoms with van der Waals surface area (Å²) in [5.74, 6) is -0.251. The lowest BCUT2D eigenvalue weighted by atomic mass is 9.91. The predicted octanol–water partition coefficient (Wildman–Crippen LogP) is 2.07. The van der Waals surface area contributed by atoms with E-state index in [1.54, 1.807) is 18.6 Å². The van der Waals surface area contributed by atoms with Gasteiger partial charge in [0.2, 0.25) is 0 Å². The highest BCUT2D eigenvalue weighted by molar-refractivity contribution is 5.86. The lowest BCUT2D eigenvalue weighted by Crippen LogP contribution is -2.57. The molecule has 140 valence electrons. The molecule has 0 aliphatic carbocycles. The molecule has 0 bridgehead atoms. The fraction of sp³-hybridized carbons (Fsp3) is 0.421. The molecule has 1 atom stereocenters. The Bertz CT molecular complexity index is 750. The molecule has 2 N–H and O–H groups in total. The first-order chi connectivity index (χ1) is 12.5. The van der Waals surface area contributed by atoms with Crippen LogP contribution in [0.25, 0.3) is 0 Å². The SMILES string of the molecule is COc1ccc(F)c(CN2CCC[C@@](O)(CNCc3ccoc3)C2=O)c1. The van der Waals surface area contributed by atoms with Crippen molar-refractivity contribution in [3.63, 3.8) is 0 Å². The molecule has 1 aliphatic heterocycles. The first-order valence-corrected chi connectivity index (χ1v) is 8.58. The summed E-state index contributed by atoms with van der Waals surface area (Å²) in [6, 6.07) is 6.25. The molecule has 1 aromatic carbocycles. The van der Waals surface area contributed by atoms with E-state index in [-0.39, 0.29) is 19.0 Å². The molecule has 1 fully saturated rings. The third-order valence-electron chi connectivity index (χ3n) is 4.64. The average Bonchev–Trinajstić information content (AvgIpc) is 3.14. The Morgan fingerprint density at radius 3 is 3.00 bits per heavy atom. The van der Waals surface area contributed by atoms with Crippen molar-refractivity contribution in [1.82, 2.24) is 10.2 Å². The van der Waals surface area contributed by atoms with Crippen LogP contribution in [0.3, 0.4) is 0 Å². The van der Waals surface area contributed by atoms with Gasteiger partial charge >= 0.3 is 0 Å². The van der Waals surface area contributed by atoms with E-state index in [2.05, 4.69) is 5.32 Å². The quantitative estimate of drug-likeness (QED) is 0.789. The monoisotopic (exact) mass is 362 g/mol. The Hall–Kier alpha value is -2.38. The highest BCUT2D eigenvalue weighted by atomic mass is 19.1. The zero-order chi connectivity index (χ0) is 18.6.